The molecule has 0 radical (unpaired) electrons. The molecule has 0 spiro atoms. The number of nitrogens with one attached hydrogen (secondary N) is 1. The summed E-state index contributed by atoms with van der Waals surface area (Å²) in [5.41, 5.74) is 1.16. The zero-order valence-corrected chi connectivity index (χ0v) is 12.6. The largest absolute Gasteiger partial charge is 0.353 e. The Hall–Kier alpha value is -0.990. The fraction of sp³-hybridized carbons (Fsp3) is 0.824. The van der Waals surface area contributed by atoms with Crippen LogP contribution < -0.4 is 5.32 Å². The fourth-order valence-corrected chi connectivity index (χ4v) is 4.91. The molecule has 1 aromatic rings. The standard InChI is InChI=1S/C17H27N3/c1-12-10-20(11-15-9-13-6-7-14(15)8-13)17(18-12)19-16-4-2-3-5-16/h10,13-16H,2-9,11H2,1H3,(H,18,19). The first kappa shape index (κ1) is 12.7. The van der Waals surface area contributed by atoms with Gasteiger partial charge in [0.1, 0.15) is 0 Å². The molecule has 3 fully saturated rings. The van der Waals surface area contributed by atoms with Crippen molar-refractivity contribution in [3.63, 3.8) is 0 Å². The number of imidazole rings is 1. The molecule has 20 heavy (non-hydrogen) atoms. The van der Waals surface area contributed by atoms with E-state index in [4.69, 9.17) is 4.98 Å². The van der Waals surface area contributed by atoms with E-state index in [1.54, 1.807) is 0 Å². The van der Waals surface area contributed by atoms with Crippen molar-refractivity contribution in [1.82, 2.24) is 9.55 Å². The molecular weight excluding hydrogens is 246 g/mol. The zero-order valence-electron chi connectivity index (χ0n) is 12.6. The quantitative estimate of drug-likeness (QED) is 0.899. The van der Waals surface area contributed by atoms with E-state index in [1.807, 2.05) is 0 Å². The van der Waals surface area contributed by atoms with Crippen molar-refractivity contribution in [3.8, 4) is 0 Å². The van der Waals surface area contributed by atoms with Crippen molar-refractivity contribution in [1.29, 1.82) is 0 Å². The number of rotatable bonds is 4. The lowest BCUT2D eigenvalue weighted by molar-refractivity contribution is 0.296. The maximum absolute atomic E-state index is 4.73. The second kappa shape index (κ2) is 5.09. The molecule has 3 nitrogen and oxygen atoms in total. The second-order valence-electron chi connectivity index (χ2n) is 7.42. The van der Waals surface area contributed by atoms with Gasteiger partial charge in [0.15, 0.2) is 0 Å². The number of aromatic nitrogens is 2. The number of fused-ring (bicyclic) bond motifs is 2. The first-order chi connectivity index (χ1) is 9.78. The molecule has 0 aliphatic heterocycles. The van der Waals surface area contributed by atoms with Gasteiger partial charge in [-0.2, -0.15) is 0 Å². The maximum atomic E-state index is 4.73. The summed E-state index contributed by atoms with van der Waals surface area (Å²) in [6.07, 6.45) is 13.6. The molecule has 3 aliphatic rings. The third-order valence-corrected chi connectivity index (χ3v) is 5.90. The van der Waals surface area contributed by atoms with E-state index < -0.39 is 0 Å². The topological polar surface area (TPSA) is 29.9 Å². The number of anilines is 1. The number of hydrogen-bond acceptors (Lipinski definition) is 2. The summed E-state index contributed by atoms with van der Waals surface area (Å²) in [4.78, 5) is 4.73. The number of nitrogens with zero attached hydrogens (tertiary/aromatic N) is 2. The van der Waals surface area contributed by atoms with Gasteiger partial charge in [0.25, 0.3) is 0 Å². The Bertz CT molecular complexity index is 473. The summed E-state index contributed by atoms with van der Waals surface area (Å²) in [5.74, 6) is 4.09. The van der Waals surface area contributed by atoms with Gasteiger partial charge in [-0.05, 0) is 56.8 Å². The number of hydrogen-bond donors (Lipinski definition) is 1. The average Bonchev–Trinajstić information content (AvgIpc) is 3.17. The van der Waals surface area contributed by atoms with Crippen LogP contribution in [0.25, 0.3) is 0 Å². The Labute approximate surface area is 122 Å². The fourth-order valence-electron chi connectivity index (χ4n) is 4.91. The van der Waals surface area contributed by atoms with E-state index in [-0.39, 0.29) is 0 Å². The van der Waals surface area contributed by atoms with Crippen LogP contribution in [0, 0.1) is 24.7 Å². The van der Waals surface area contributed by atoms with Crippen molar-refractivity contribution in [2.24, 2.45) is 17.8 Å². The normalized spacial score (nSPS) is 33.1. The van der Waals surface area contributed by atoms with E-state index in [0.29, 0.717) is 6.04 Å². The lowest BCUT2D eigenvalue weighted by Gasteiger charge is -2.23. The molecule has 2 bridgehead atoms. The smallest absolute Gasteiger partial charge is 0.203 e. The summed E-state index contributed by atoms with van der Waals surface area (Å²) in [6, 6.07) is 0.663. The lowest BCUT2D eigenvalue weighted by atomic mass is 9.89. The van der Waals surface area contributed by atoms with Crippen molar-refractivity contribution in [2.75, 3.05) is 5.32 Å². The monoisotopic (exact) mass is 273 g/mol. The third-order valence-electron chi connectivity index (χ3n) is 5.90. The highest BCUT2D eigenvalue weighted by molar-refractivity contribution is 5.30. The molecule has 3 aliphatic carbocycles. The first-order valence-electron chi connectivity index (χ1n) is 8.58. The molecule has 1 N–H and O–H groups in total. The molecule has 3 unspecified atom stereocenters. The molecule has 0 amide bonds. The minimum Gasteiger partial charge on any atom is -0.353 e. The van der Waals surface area contributed by atoms with Crippen LogP contribution in [-0.2, 0) is 6.54 Å². The van der Waals surface area contributed by atoms with Crippen molar-refractivity contribution < 1.29 is 0 Å². The van der Waals surface area contributed by atoms with Gasteiger partial charge in [0, 0.05) is 18.8 Å². The minimum atomic E-state index is 0.663. The highest BCUT2D eigenvalue weighted by Gasteiger charge is 2.39. The van der Waals surface area contributed by atoms with E-state index >= 15 is 0 Å². The zero-order chi connectivity index (χ0) is 13.5. The van der Waals surface area contributed by atoms with Gasteiger partial charge >= 0.3 is 0 Å². The van der Waals surface area contributed by atoms with Gasteiger partial charge in [-0.3, -0.25) is 0 Å². The molecule has 0 saturated heterocycles. The second-order valence-corrected chi connectivity index (χ2v) is 7.42. The van der Waals surface area contributed by atoms with Gasteiger partial charge in [-0.15, -0.1) is 0 Å². The van der Waals surface area contributed by atoms with E-state index in [2.05, 4.69) is 23.0 Å². The van der Waals surface area contributed by atoms with Gasteiger partial charge in [0.2, 0.25) is 5.95 Å². The molecule has 1 heterocycles. The Morgan fingerprint density at radius 1 is 1.20 bits per heavy atom. The maximum Gasteiger partial charge on any atom is 0.203 e. The van der Waals surface area contributed by atoms with Crippen LogP contribution in [0.5, 0.6) is 0 Å². The van der Waals surface area contributed by atoms with Crippen LogP contribution in [-0.4, -0.2) is 15.6 Å². The minimum absolute atomic E-state index is 0.663. The first-order valence-corrected chi connectivity index (χ1v) is 8.58. The summed E-state index contributed by atoms with van der Waals surface area (Å²) >= 11 is 0. The highest BCUT2D eigenvalue weighted by Crippen LogP contribution is 2.49. The van der Waals surface area contributed by atoms with E-state index in [1.165, 1.54) is 57.9 Å². The Kier molecular flexibility index (Phi) is 3.24. The van der Waals surface area contributed by atoms with Gasteiger partial charge in [-0.25, -0.2) is 4.98 Å². The molecule has 3 heteroatoms. The Morgan fingerprint density at radius 3 is 2.75 bits per heavy atom. The van der Waals surface area contributed by atoms with Crippen LogP contribution in [0.1, 0.15) is 57.1 Å². The van der Waals surface area contributed by atoms with Crippen LogP contribution in [0.4, 0.5) is 5.95 Å². The summed E-state index contributed by atoms with van der Waals surface area (Å²) in [7, 11) is 0. The Morgan fingerprint density at radius 2 is 2.05 bits per heavy atom. The molecule has 3 atom stereocenters. The predicted octanol–water partition coefficient (Wildman–Crippen LogP) is 3.98. The third kappa shape index (κ3) is 2.36. The van der Waals surface area contributed by atoms with Crippen molar-refractivity contribution in [2.45, 2.75) is 70.9 Å². The number of aryl methyl sites for hydroxylation is 1. The molecule has 0 aromatic carbocycles. The van der Waals surface area contributed by atoms with Gasteiger partial charge in [-0.1, -0.05) is 19.3 Å². The summed E-state index contributed by atoms with van der Waals surface area (Å²) < 4.78 is 2.42. The predicted molar refractivity (Wildman–Crippen MR) is 81.8 cm³/mol. The lowest BCUT2D eigenvalue weighted by Crippen LogP contribution is -2.21. The van der Waals surface area contributed by atoms with E-state index in [9.17, 15) is 0 Å². The molecule has 3 saturated carbocycles. The van der Waals surface area contributed by atoms with Crippen LogP contribution >= 0.6 is 0 Å². The van der Waals surface area contributed by atoms with Crippen LogP contribution in [0.15, 0.2) is 6.20 Å². The Balaban J connectivity index is 1.46. The van der Waals surface area contributed by atoms with Gasteiger partial charge in [0.05, 0.1) is 5.69 Å². The molecular formula is C17H27N3. The van der Waals surface area contributed by atoms with Crippen molar-refractivity contribution >= 4 is 5.95 Å². The molecule has 110 valence electrons. The molecule has 1 aromatic heterocycles. The van der Waals surface area contributed by atoms with Crippen LogP contribution in [0.2, 0.25) is 0 Å². The van der Waals surface area contributed by atoms with Crippen molar-refractivity contribution in [3.05, 3.63) is 11.9 Å². The SMILES string of the molecule is Cc1cn(CC2CC3CCC2C3)c(NC2CCCC2)n1. The average molecular weight is 273 g/mol. The summed E-state index contributed by atoms with van der Waals surface area (Å²) in [5, 5.41) is 3.70. The van der Waals surface area contributed by atoms with E-state index in [0.717, 1.165) is 29.4 Å². The summed E-state index contributed by atoms with van der Waals surface area (Å²) in [6.45, 7) is 3.31. The highest BCUT2D eigenvalue weighted by atomic mass is 15.2. The van der Waals surface area contributed by atoms with Gasteiger partial charge < -0.3 is 9.88 Å². The van der Waals surface area contributed by atoms with Crippen LogP contribution in [0.3, 0.4) is 0 Å². The molecule has 4 rings (SSSR count).